The van der Waals surface area contributed by atoms with Gasteiger partial charge in [-0.1, -0.05) is 0 Å². The Balaban J connectivity index is 2.51. The van der Waals surface area contributed by atoms with E-state index in [4.69, 9.17) is 4.74 Å². The fourth-order valence-electron chi connectivity index (χ4n) is 1.46. The summed E-state index contributed by atoms with van der Waals surface area (Å²) in [5.41, 5.74) is -0.349. The molecular formula is C12H8F2N2O2. The number of ether oxygens (including phenoxy) is 1. The van der Waals surface area contributed by atoms with E-state index < -0.39 is 23.1 Å². The van der Waals surface area contributed by atoms with Gasteiger partial charge in [-0.3, -0.25) is 4.79 Å². The van der Waals surface area contributed by atoms with Crippen LogP contribution in [-0.2, 0) is 0 Å². The summed E-state index contributed by atoms with van der Waals surface area (Å²) in [5, 5.41) is 0. The van der Waals surface area contributed by atoms with Crippen molar-refractivity contribution in [2.24, 2.45) is 0 Å². The second-order valence-corrected chi connectivity index (χ2v) is 3.38. The number of carbonyl (C=O) groups is 1. The monoisotopic (exact) mass is 250 g/mol. The Morgan fingerprint density at radius 1 is 1.28 bits per heavy atom. The molecule has 2 aromatic rings. The number of hydrogen-bond acceptors (Lipinski definition) is 4. The van der Waals surface area contributed by atoms with E-state index in [9.17, 15) is 13.6 Å². The van der Waals surface area contributed by atoms with E-state index >= 15 is 0 Å². The molecule has 2 aromatic heterocycles. The number of nitrogens with zero attached hydrogens (tertiary/aromatic N) is 2. The Kier molecular flexibility index (Phi) is 3.27. The zero-order valence-corrected chi connectivity index (χ0v) is 9.35. The van der Waals surface area contributed by atoms with Crippen molar-refractivity contribution >= 4 is 5.78 Å². The van der Waals surface area contributed by atoms with Crippen LogP contribution in [0.5, 0.6) is 5.88 Å². The van der Waals surface area contributed by atoms with Crippen molar-refractivity contribution in [3.8, 4) is 5.88 Å². The standard InChI is InChI=1S/C12H8F2N2O2/c1-18-12-7(3-2-4-15-12)11(17)8-5-10(14)16-6-9(8)13/h2-6H,1H3. The summed E-state index contributed by atoms with van der Waals surface area (Å²) in [4.78, 5) is 19.0. The Labute approximate surface area is 101 Å². The van der Waals surface area contributed by atoms with Crippen LogP contribution < -0.4 is 4.74 Å². The molecule has 0 aliphatic heterocycles. The Bertz CT molecular complexity index is 602. The largest absolute Gasteiger partial charge is 0.480 e. The van der Waals surface area contributed by atoms with Gasteiger partial charge in [0, 0.05) is 12.3 Å². The maximum atomic E-state index is 13.4. The second kappa shape index (κ2) is 4.87. The fraction of sp³-hybridized carbons (Fsp3) is 0.0833. The van der Waals surface area contributed by atoms with Gasteiger partial charge >= 0.3 is 0 Å². The molecule has 2 heterocycles. The third kappa shape index (κ3) is 2.17. The lowest BCUT2D eigenvalue weighted by Crippen LogP contribution is -2.08. The fourth-order valence-corrected chi connectivity index (χ4v) is 1.46. The third-order valence-corrected chi connectivity index (χ3v) is 2.28. The van der Waals surface area contributed by atoms with Crippen LogP contribution in [0, 0.1) is 11.8 Å². The van der Waals surface area contributed by atoms with Gasteiger partial charge in [0.15, 0.2) is 5.82 Å². The van der Waals surface area contributed by atoms with Crippen molar-refractivity contribution in [2.75, 3.05) is 7.11 Å². The van der Waals surface area contributed by atoms with Gasteiger partial charge < -0.3 is 4.74 Å². The van der Waals surface area contributed by atoms with E-state index in [-0.39, 0.29) is 11.4 Å². The summed E-state index contributed by atoms with van der Waals surface area (Å²) >= 11 is 0. The number of rotatable bonds is 3. The van der Waals surface area contributed by atoms with Crippen LogP contribution in [-0.4, -0.2) is 22.9 Å². The zero-order valence-electron chi connectivity index (χ0n) is 9.35. The van der Waals surface area contributed by atoms with E-state index in [0.717, 1.165) is 6.07 Å². The molecule has 0 saturated heterocycles. The number of aromatic nitrogens is 2. The smallest absolute Gasteiger partial charge is 0.224 e. The van der Waals surface area contributed by atoms with Crippen molar-refractivity contribution in [3.63, 3.8) is 0 Å². The van der Waals surface area contributed by atoms with Gasteiger partial charge in [0.25, 0.3) is 0 Å². The van der Waals surface area contributed by atoms with E-state index in [1.165, 1.54) is 25.4 Å². The minimum Gasteiger partial charge on any atom is -0.480 e. The van der Waals surface area contributed by atoms with Crippen LogP contribution in [0.1, 0.15) is 15.9 Å². The average Bonchev–Trinajstić information content (AvgIpc) is 2.40. The summed E-state index contributed by atoms with van der Waals surface area (Å²) in [5.74, 6) is -2.48. The second-order valence-electron chi connectivity index (χ2n) is 3.38. The molecule has 0 fully saturated rings. The molecule has 0 N–H and O–H groups in total. The summed E-state index contributed by atoms with van der Waals surface area (Å²) in [7, 11) is 1.34. The molecule has 0 radical (unpaired) electrons. The molecule has 0 spiro atoms. The van der Waals surface area contributed by atoms with Crippen molar-refractivity contribution < 1.29 is 18.3 Å². The highest BCUT2D eigenvalue weighted by molar-refractivity contribution is 6.10. The lowest BCUT2D eigenvalue weighted by atomic mass is 10.1. The summed E-state index contributed by atoms with van der Waals surface area (Å²) < 4.78 is 31.3. The number of ketones is 1. The number of halogens is 2. The quantitative estimate of drug-likeness (QED) is 0.617. The number of carbonyl (C=O) groups excluding carboxylic acids is 1. The molecule has 0 aliphatic rings. The molecule has 2 rings (SSSR count). The molecule has 0 saturated carbocycles. The van der Waals surface area contributed by atoms with Crippen LogP contribution in [0.4, 0.5) is 8.78 Å². The van der Waals surface area contributed by atoms with E-state index in [2.05, 4.69) is 9.97 Å². The van der Waals surface area contributed by atoms with Crippen LogP contribution in [0.25, 0.3) is 0 Å². The number of methoxy groups -OCH3 is 1. The predicted molar refractivity (Wildman–Crippen MR) is 58.4 cm³/mol. The lowest BCUT2D eigenvalue weighted by Gasteiger charge is -2.06. The Hall–Kier alpha value is -2.37. The zero-order chi connectivity index (χ0) is 13.1. The molecule has 0 aromatic carbocycles. The Morgan fingerprint density at radius 2 is 2.06 bits per heavy atom. The minimum absolute atomic E-state index is 0.0547. The van der Waals surface area contributed by atoms with Crippen molar-refractivity contribution in [2.45, 2.75) is 0 Å². The van der Waals surface area contributed by atoms with Crippen LogP contribution in [0.15, 0.2) is 30.6 Å². The first-order valence-corrected chi connectivity index (χ1v) is 4.98. The summed E-state index contributed by atoms with van der Waals surface area (Å²) in [6.07, 6.45) is 2.09. The number of hydrogen-bond donors (Lipinski definition) is 0. The maximum absolute atomic E-state index is 13.4. The molecule has 0 bridgehead atoms. The van der Waals surface area contributed by atoms with E-state index in [0.29, 0.717) is 6.20 Å². The average molecular weight is 250 g/mol. The highest BCUT2D eigenvalue weighted by Gasteiger charge is 2.19. The lowest BCUT2D eigenvalue weighted by molar-refractivity contribution is 0.103. The van der Waals surface area contributed by atoms with E-state index in [1.807, 2.05) is 0 Å². The van der Waals surface area contributed by atoms with Gasteiger partial charge in [0.05, 0.1) is 24.4 Å². The predicted octanol–water partition coefficient (Wildman–Crippen LogP) is 1.99. The molecule has 0 unspecified atom stereocenters. The van der Waals surface area contributed by atoms with Gasteiger partial charge in [-0.25, -0.2) is 14.4 Å². The molecule has 0 amide bonds. The molecule has 4 nitrogen and oxygen atoms in total. The molecule has 0 aliphatic carbocycles. The first kappa shape index (κ1) is 12.1. The van der Waals surface area contributed by atoms with Gasteiger partial charge in [0.2, 0.25) is 17.6 Å². The molecular weight excluding hydrogens is 242 g/mol. The van der Waals surface area contributed by atoms with Gasteiger partial charge in [0.1, 0.15) is 0 Å². The van der Waals surface area contributed by atoms with Gasteiger partial charge in [-0.05, 0) is 12.1 Å². The maximum Gasteiger partial charge on any atom is 0.224 e. The normalized spacial score (nSPS) is 10.2. The molecule has 6 heteroatoms. The SMILES string of the molecule is COc1ncccc1C(=O)c1cc(F)ncc1F. The van der Waals surface area contributed by atoms with Crippen LogP contribution >= 0.6 is 0 Å². The minimum atomic E-state index is -0.928. The Morgan fingerprint density at radius 3 is 2.78 bits per heavy atom. The highest BCUT2D eigenvalue weighted by atomic mass is 19.1. The summed E-state index contributed by atoms with van der Waals surface area (Å²) in [6.45, 7) is 0. The topological polar surface area (TPSA) is 52.1 Å². The van der Waals surface area contributed by atoms with Crippen molar-refractivity contribution in [1.82, 2.24) is 9.97 Å². The first-order valence-electron chi connectivity index (χ1n) is 4.98. The van der Waals surface area contributed by atoms with Crippen LogP contribution in [0.3, 0.4) is 0 Å². The van der Waals surface area contributed by atoms with Gasteiger partial charge in [-0.15, -0.1) is 0 Å². The third-order valence-electron chi connectivity index (χ3n) is 2.28. The van der Waals surface area contributed by atoms with Crippen molar-refractivity contribution in [3.05, 3.63) is 53.5 Å². The molecule has 0 atom stereocenters. The van der Waals surface area contributed by atoms with Crippen molar-refractivity contribution in [1.29, 1.82) is 0 Å². The first-order chi connectivity index (χ1) is 8.63. The van der Waals surface area contributed by atoms with E-state index in [1.54, 1.807) is 0 Å². The van der Waals surface area contributed by atoms with Crippen LogP contribution in [0.2, 0.25) is 0 Å². The molecule has 92 valence electrons. The highest BCUT2D eigenvalue weighted by Crippen LogP contribution is 2.20. The number of pyridine rings is 2. The molecule has 18 heavy (non-hydrogen) atoms. The van der Waals surface area contributed by atoms with Gasteiger partial charge in [-0.2, -0.15) is 4.39 Å². The summed E-state index contributed by atoms with van der Waals surface area (Å²) in [6, 6.07) is 3.67.